The molecule has 0 saturated heterocycles. The Bertz CT molecular complexity index is 451. The highest BCUT2D eigenvalue weighted by Gasteiger charge is 2.19. The fourth-order valence-electron chi connectivity index (χ4n) is 1.73. The van der Waals surface area contributed by atoms with Crippen molar-refractivity contribution in [2.24, 2.45) is 5.73 Å². The summed E-state index contributed by atoms with van der Waals surface area (Å²) < 4.78 is 0. The molecule has 1 aromatic rings. The van der Waals surface area contributed by atoms with Crippen molar-refractivity contribution >= 4 is 29.3 Å². The summed E-state index contributed by atoms with van der Waals surface area (Å²) in [5, 5.41) is 8.69. The van der Waals surface area contributed by atoms with Crippen LogP contribution < -0.4 is 10.6 Å². The first-order chi connectivity index (χ1) is 9.43. The van der Waals surface area contributed by atoms with Gasteiger partial charge in [-0.3, -0.25) is 9.59 Å². The van der Waals surface area contributed by atoms with Gasteiger partial charge in [0.25, 0.3) is 0 Å². The molecule has 1 rings (SSSR count). The first-order valence-corrected chi connectivity index (χ1v) is 7.52. The summed E-state index contributed by atoms with van der Waals surface area (Å²) in [6, 6.07) is 8.52. The number of amides is 1. The zero-order valence-corrected chi connectivity index (χ0v) is 12.5. The molecule has 0 saturated carbocycles. The molecule has 0 aliphatic rings. The number of carbonyl (C=O) groups is 2. The number of nitrogens with zero attached hydrogens (tertiary/aromatic N) is 1. The summed E-state index contributed by atoms with van der Waals surface area (Å²) in [5.41, 5.74) is 6.25. The van der Waals surface area contributed by atoms with Crippen LogP contribution in [0.5, 0.6) is 0 Å². The van der Waals surface area contributed by atoms with Crippen molar-refractivity contribution in [1.82, 2.24) is 0 Å². The maximum atomic E-state index is 12.3. The zero-order valence-electron chi connectivity index (χ0n) is 11.7. The largest absolute Gasteiger partial charge is 0.480 e. The first-order valence-electron chi connectivity index (χ1n) is 6.36. The third-order valence-corrected chi connectivity index (χ3v) is 3.71. The normalized spacial score (nSPS) is 12.2. The molecule has 1 atom stereocenters. The molecule has 0 radical (unpaired) electrons. The molecule has 3 N–H and O–H groups in total. The first kappa shape index (κ1) is 16.5. The summed E-state index contributed by atoms with van der Waals surface area (Å²) in [7, 11) is 0. The number of benzene rings is 1. The second kappa shape index (κ2) is 7.91. The maximum absolute atomic E-state index is 12.3. The van der Waals surface area contributed by atoms with E-state index in [1.807, 2.05) is 44.2 Å². The fourth-order valence-corrected chi connectivity index (χ4v) is 2.56. The lowest BCUT2D eigenvalue weighted by atomic mass is 10.2. The van der Waals surface area contributed by atoms with Gasteiger partial charge < -0.3 is 15.7 Å². The van der Waals surface area contributed by atoms with Crippen molar-refractivity contribution < 1.29 is 14.7 Å². The van der Waals surface area contributed by atoms with E-state index < -0.39 is 12.0 Å². The predicted octanol–water partition coefficient (Wildman–Crippen LogP) is 1.57. The second-order valence-corrected chi connectivity index (χ2v) is 5.68. The van der Waals surface area contributed by atoms with E-state index in [9.17, 15) is 9.59 Å². The van der Waals surface area contributed by atoms with E-state index in [4.69, 9.17) is 10.8 Å². The Kier molecular flexibility index (Phi) is 6.54. The molecule has 0 aliphatic heterocycles. The lowest BCUT2D eigenvalue weighted by molar-refractivity contribution is -0.137. The molecular formula is C14H20N2O3S. The van der Waals surface area contributed by atoms with Crippen molar-refractivity contribution in [3.05, 3.63) is 30.3 Å². The van der Waals surface area contributed by atoms with Gasteiger partial charge >= 0.3 is 5.97 Å². The molecule has 6 heteroatoms. The minimum Gasteiger partial charge on any atom is -0.480 e. The van der Waals surface area contributed by atoms with Gasteiger partial charge in [0, 0.05) is 17.5 Å². The minimum absolute atomic E-state index is 0.0404. The average Bonchev–Trinajstić information content (AvgIpc) is 2.39. The molecule has 5 nitrogen and oxygen atoms in total. The number of carboxylic acids is 1. The number of hydrogen-bond donors (Lipinski definition) is 2. The number of aliphatic carboxylic acids is 1. The number of carboxylic acid groups (broad SMARTS) is 1. The van der Waals surface area contributed by atoms with Crippen LogP contribution in [0.25, 0.3) is 0 Å². The second-order valence-electron chi connectivity index (χ2n) is 4.65. The zero-order chi connectivity index (χ0) is 15.1. The van der Waals surface area contributed by atoms with E-state index in [-0.39, 0.29) is 23.5 Å². The van der Waals surface area contributed by atoms with Crippen molar-refractivity contribution in [3.63, 3.8) is 0 Å². The summed E-state index contributed by atoms with van der Waals surface area (Å²) in [5.74, 6) is -0.655. The van der Waals surface area contributed by atoms with Crippen molar-refractivity contribution in [3.8, 4) is 0 Å². The van der Waals surface area contributed by atoms with Crippen LogP contribution >= 0.6 is 11.8 Å². The number of anilines is 1. The van der Waals surface area contributed by atoms with Crippen LogP contribution in [0.15, 0.2) is 30.3 Å². The van der Waals surface area contributed by atoms with E-state index in [2.05, 4.69) is 0 Å². The Morgan fingerprint density at radius 2 is 1.90 bits per heavy atom. The quantitative estimate of drug-likeness (QED) is 0.798. The Labute approximate surface area is 123 Å². The van der Waals surface area contributed by atoms with Crippen LogP contribution in [0.3, 0.4) is 0 Å². The highest BCUT2D eigenvalue weighted by molar-refractivity contribution is 8.00. The van der Waals surface area contributed by atoms with E-state index in [0.29, 0.717) is 0 Å². The highest BCUT2D eigenvalue weighted by Crippen LogP contribution is 2.18. The molecule has 0 aliphatic carbocycles. The summed E-state index contributed by atoms with van der Waals surface area (Å²) >= 11 is 1.24. The molecule has 0 fully saturated rings. The van der Waals surface area contributed by atoms with Gasteiger partial charge in [-0.15, -0.1) is 11.8 Å². The van der Waals surface area contributed by atoms with E-state index in [1.165, 1.54) is 11.8 Å². The summed E-state index contributed by atoms with van der Waals surface area (Å²) in [6.07, 6.45) is 0. The van der Waals surface area contributed by atoms with Gasteiger partial charge in [0.05, 0.1) is 5.75 Å². The van der Waals surface area contributed by atoms with Gasteiger partial charge in [0.15, 0.2) is 0 Å². The maximum Gasteiger partial charge on any atom is 0.321 e. The van der Waals surface area contributed by atoms with Crippen LogP contribution in [-0.4, -0.2) is 40.6 Å². The standard InChI is InChI=1S/C14H20N2O3S/c1-10(2)16(11-6-4-3-5-7-11)13(17)9-20-8-12(15)14(18)19/h3-7,10,12H,8-9,15H2,1-2H3,(H,18,19)/t12-/m1/s1. The third-order valence-electron chi connectivity index (χ3n) is 2.66. The van der Waals surface area contributed by atoms with Crippen molar-refractivity contribution in [2.45, 2.75) is 25.9 Å². The van der Waals surface area contributed by atoms with Crippen molar-refractivity contribution in [2.75, 3.05) is 16.4 Å². The van der Waals surface area contributed by atoms with E-state index in [1.54, 1.807) is 4.90 Å². The van der Waals surface area contributed by atoms with E-state index in [0.717, 1.165) is 5.69 Å². The average molecular weight is 296 g/mol. The summed E-state index contributed by atoms with van der Waals surface area (Å²) in [6.45, 7) is 3.89. The number of rotatable bonds is 7. The van der Waals surface area contributed by atoms with Gasteiger partial charge in [-0.2, -0.15) is 0 Å². The van der Waals surface area contributed by atoms with Crippen LogP contribution in [0, 0.1) is 0 Å². The molecule has 1 amide bonds. The van der Waals surface area contributed by atoms with Crippen molar-refractivity contribution in [1.29, 1.82) is 0 Å². The molecule has 0 spiro atoms. The Morgan fingerprint density at radius 3 is 2.40 bits per heavy atom. The monoisotopic (exact) mass is 296 g/mol. The van der Waals surface area contributed by atoms with Gasteiger partial charge in [-0.05, 0) is 26.0 Å². The van der Waals surface area contributed by atoms with Gasteiger partial charge in [-0.1, -0.05) is 18.2 Å². The Morgan fingerprint density at radius 1 is 1.30 bits per heavy atom. The molecule has 0 aromatic heterocycles. The molecule has 20 heavy (non-hydrogen) atoms. The minimum atomic E-state index is -1.05. The van der Waals surface area contributed by atoms with E-state index >= 15 is 0 Å². The number of carbonyl (C=O) groups excluding carboxylic acids is 1. The molecule has 0 heterocycles. The van der Waals surface area contributed by atoms with Crippen LogP contribution in [0.1, 0.15) is 13.8 Å². The Hall–Kier alpha value is -1.53. The van der Waals surface area contributed by atoms with Crippen LogP contribution in [0.2, 0.25) is 0 Å². The Balaban J connectivity index is 2.61. The fraction of sp³-hybridized carbons (Fsp3) is 0.429. The molecule has 0 unspecified atom stereocenters. The van der Waals surface area contributed by atoms with Gasteiger partial charge in [0.1, 0.15) is 6.04 Å². The number of para-hydroxylation sites is 1. The molecule has 1 aromatic carbocycles. The summed E-state index contributed by atoms with van der Waals surface area (Å²) in [4.78, 5) is 24.6. The smallest absolute Gasteiger partial charge is 0.321 e. The lowest BCUT2D eigenvalue weighted by Gasteiger charge is -2.27. The number of thioether (sulfide) groups is 1. The molecule has 110 valence electrons. The topological polar surface area (TPSA) is 83.6 Å². The third kappa shape index (κ3) is 4.86. The molecular weight excluding hydrogens is 276 g/mol. The highest BCUT2D eigenvalue weighted by atomic mass is 32.2. The van der Waals surface area contributed by atoms with Crippen LogP contribution in [-0.2, 0) is 9.59 Å². The SMILES string of the molecule is CC(C)N(C(=O)CSC[C@@H](N)C(=O)O)c1ccccc1. The predicted molar refractivity (Wildman–Crippen MR) is 82.0 cm³/mol. The number of nitrogens with two attached hydrogens (primary N) is 1. The van der Waals surface area contributed by atoms with Crippen LogP contribution in [0.4, 0.5) is 5.69 Å². The van der Waals surface area contributed by atoms with Gasteiger partial charge in [0.2, 0.25) is 5.91 Å². The van der Waals surface area contributed by atoms with Gasteiger partial charge in [-0.25, -0.2) is 0 Å². The molecule has 0 bridgehead atoms. The number of hydrogen-bond acceptors (Lipinski definition) is 4. The lowest BCUT2D eigenvalue weighted by Crippen LogP contribution is -2.39.